The van der Waals surface area contributed by atoms with Crippen LogP contribution in [-0.2, 0) is 11.2 Å². The Hall–Kier alpha value is -3.61. The molecule has 3 aromatic rings. The van der Waals surface area contributed by atoms with Crippen LogP contribution in [0.15, 0.2) is 62.7 Å². The molecule has 7 heteroatoms. The van der Waals surface area contributed by atoms with Crippen LogP contribution in [0, 0.1) is 6.92 Å². The maximum Gasteiger partial charge on any atom is 0.336 e. The molecule has 0 unspecified atom stereocenters. The van der Waals surface area contributed by atoms with Gasteiger partial charge < -0.3 is 21.2 Å². The number of benzene rings is 2. The number of amides is 1. The van der Waals surface area contributed by atoms with Crippen LogP contribution >= 0.6 is 0 Å². The van der Waals surface area contributed by atoms with Gasteiger partial charge in [0.25, 0.3) is 0 Å². The van der Waals surface area contributed by atoms with Crippen molar-refractivity contribution in [2.24, 2.45) is 16.5 Å². The minimum atomic E-state index is -0.410. The lowest BCUT2D eigenvalue weighted by atomic mass is 10.1. The first-order valence-electron chi connectivity index (χ1n) is 8.43. The zero-order valence-corrected chi connectivity index (χ0v) is 14.9. The van der Waals surface area contributed by atoms with Crippen LogP contribution in [0.4, 0.5) is 11.4 Å². The molecule has 1 amide bonds. The van der Waals surface area contributed by atoms with E-state index < -0.39 is 5.63 Å². The van der Waals surface area contributed by atoms with Gasteiger partial charge in [-0.25, -0.2) is 9.79 Å². The fraction of sp³-hybridized carbons (Fsp3) is 0.150. The Morgan fingerprint density at radius 2 is 1.85 bits per heavy atom. The zero-order valence-electron chi connectivity index (χ0n) is 14.9. The first kappa shape index (κ1) is 18.2. The second kappa shape index (κ2) is 7.74. The van der Waals surface area contributed by atoms with Crippen molar-refractivity contribution >= 4 is 34.2 Å². The highest BCUT2D eigenvalue weighted by Gasteiger charge is 2.07. The number of fused-ring (bicyclic) bond motifs is 1. The maximum atomic E-state index is 12.2. The number of carbonyl (C=O) groups excluding carboxylic acids is 1. The first-order chi connectivity index (χ1) is 12.9. The van der Waals surface area contributed by atoms with Gasteiger partial charge in [-0.2, -0.15) is 0 Å². The summed E-state index contributed by atoms with van der Waals surface area (Å²) in [5, 5.41) is 3.67. The summed E-state index contributed by atoms with van der Waals surface area (Å²) in [4.78, 5) is 27.7. The second-order valence-corrected chi connectivity index (χ2v) is 6.21. The van der Waals surface area contributed by atoms with E-state index in [2.05, 4.69) is 10.3 Å². The number of guanidine groups is 1. The molecule has 0 radical (unpaired) electrons. The van der Waals surface area contributed by atoms with Gasteiger partial charge in [0.2, 0.25) is 5.91 Å². The molecule has 0 saturated carbocycles. The van der Waals surface area contributed by atoms with Crippen molar-refractivity contribution in [1.29, 1.82) is 0 Å². The summed E-state index contributed by atoms with van der Waals surface area (Å²) in [5.41, 5.74) is 13.8. The van der Waals surface area contributed by atoms with Gasteiger partial charge in [-0.15, -0.1) is 0 Å². The Kier molecular flexibility index (Phi) is 5.21. The number of nitrogens with one attached hydrogen (secondary N) is 1. The minimum absolute atomic E-state index is 0.00328. The predicted octanol–water partition coefficient (Wildman–Crippen LogP) is 2.58. The Labute approximate surface area is 155 Å². The third-order valence-corrected chi connectivity index (χ3v) is 4.07. The van der Waals surface area contributed by atoms with Gasteiger partial charge in [-0.1, -0.05) is 12.1 Å². The van der Waals surface area contributed by atoms with Crippen molar-refractivity contribution in [2.75, 3.05) is 5.32 Å². The van der Waals surface area contributed by atoms with E-state index in [1.165, 1.54) is 6.07 Å². The molecule has 0 fully saturated rings. The topological polar surface area (TPSA) is 124 Å². The lowest BCUT2D eigenvalue weighted by Crippen LogP contribution is -2.21. The average Bonchev–Trinajstić information content (AvgIpc) is 2.60. The monoisotopic (exact) mass is 364 g/mol. The number of hydrogen-bond acceptors (Lipinski definition) is 4. The largest absolute Gasteiger partial charge is 0.423 e. The van der Waals surface area contributed by atoms with Crippen molar-refractivity contribution in [3.8, 4) is 0 Å². The Balaban J connectivity index is 1.63. The molecular weight excluding hydrogens is 344 g/mol. The third-order valence-electron chi connectivity index (χ3n) is 4.07. The molecule has 0 bridgehead atoms. The van der Waals surface area contributed by atoms with E-state index in [1.807, 2.05) is 25.1 Å². The standard InChI is InChI=1S/C20H20N4O3/c1-12-10-19(26)27-17-11-15(7-8-16(12)17)23-18(25)9-4-13-2-5-14(6-3-13)24-20(21)22/h2-3,5-8,10-11H,4,9H2,1H3,(H,23,25)(H4,21,22,24). The quantitative estimate of drug-likeness (QED) is 0.365. The highest BCUT2D eigenvalue weighted by molar-refractivity contribution is 5.93. The predicted molar refractivity (Wildman–Crippen MR) is 106 cm³/mol. The maximum absolute atomic E-state index is 12.2. The molecule has 1 heterocycles. The lowest BCUT2D eigenvalue weighted by Gasteiger charge is -2.07. The molecule has 3 rings (SSSR count). The molecule has 0 spiro atoms. The fourth-order valence-electron chi connectivity index (χ4n) is 2.77. The van der Waals surface area contributed by atoms with E-state index in [-0.39, 0.29) is 11.9 Å². The van der Waals surface area contributed by atoms with Crippen LogP contribution in [-0.4, -0.2) is 11.9 Å². The number of carbonyl (C=O) groups is 1. The average molecular weight is 364 g/mol. The van der Waals surface area contributed by atoms with E-state index in [0.29, 0.717) is 29.8 Å². The third kappa shape index (κ3) is 4.72. The highest BCUT2D eigenvalue weighted by atomic mass is 16.4. The van der Waals surface area contributed by atoms with E-state index in [1.54, 1.807) is 24.3 Å². The van der Waals surface area contributed by atoms with Gasteiger partial charge >= 0.3 is 5.63 Å². The second-order valence-electron chi connectivity index (χ2n) is 6.21. The highest BCUT2D eigenvalue weighted by Crippen LogP contribution is 2.21. The molecule has 0 aliphatic rings. The Morgan fingerprint density at radius 1 is 1.11 bits per heavy atom. The fourth-order valence-corrected chi connectivity index (χ4v) is 2.77. The number of aliphatic imine (C=N–C) groups is 1. The van der Waals surface area contributed by atoms with Crippen LogP contribution in [0.25, 0.3) is 11.0 Å². The minimum Gasteiger partial charge on any atom is -0.423 e. The normalized spacial score (nSPS) is 10.6. The number of aryl methyl sites for hydroxylation is 2. The van der Waals surface area contributed by atoms with Crippen molar-refractivity contribution in [3.63, 3.8) is 0 Å². The van der Waals surface area contributed by atoms with Crippen LogP contribution in [0.3, 0.4) is 0 Å². The number of rotatable bonds is 5. The molecule has 0 atom stereocenters. The molecule has 27 heavy (non-hydrogen) atoms. The summed E-state index contributed by atoms with van der Waals surface area (Å²) >= 11 is 0. The van der Waals surface area contributed by atoms with E-state index in [4.69, 9.17) is 15.9 Å². The van der Waals surface area contributed by atoms with Crippen LogP contribution in [0.2, 0.25) is 0 Å². The van der Waals surface area contributed by atoms with Gasteiger partial charge in [0.1, 0.15) is 5.58 Å². The van der Waals surface area contributed by atoms with Gasteiger partial charge in [0, 0.05) is 29.6 Å². The van der Waals surface area contributed by atoms with Crippen molar-refractivity contribution in [2.45, 2.75) is 19.8 Å². The molecule has 0 aliphatic carbocycles. The van der Waals surface area contributed by atoms with Crippen molar-refractivity contribution in [3.05, 3.63) is 70.1 Å². The molecule has 2 aromatic carbocycles. The lowest BCUT2D eigenvalue weighted by molar-refractivity contribution is -0.116. The number of nitrogens with zero attached hydrogens (tertiary/aromatic N) is 1. The summed E-state index contributed by atoms with van der Waals surface area (Å²) in [6.07, 6.45) is 0.896. The van der Waals surface area contributed by atoms with Crippen molar-refractivity contribution < 1.29 is 9.21 Å². The van der Waals surface area contributed by atoms with Gasteiger partial charge in [0.15, 0.2) is 5.96 Å². The number of nitrogens with two attached hydrogens (primary N) is 2. The molecule has 1 aromatic heterocycles. The van der Waals surface area contributed by atoms with Crippen LogP contribution < -0.4 is 22.4 Å². The van der Waals surface area contributed by atoms with E-state index >= 15 is 0 Å². The zero-order chi connectivity index (χ0) is 19.4. The summed E-state index contributed by atoms with van der Waals surface area (Å²) in [6.45, 7) is 1.84. The molecular formula is C20H20N4O3. The van der Waals surface area contributed by atoms with Crippen LogP contribution in [0.5, 0.6) is 0 Å². The number of hydrogen-bond donors (Lipinski definition) is 3. The van der Waals surface area contributed by atoms with Crippen molar-refractivity contribution in [1.82, 2.24) is 0 Å². The Morgan fingerprint density at radius 3 is 2.56 bits per heavy atom. The summed E-state index contributed by atoms with van der Waals surface area (Å²) in [7, 11) is 0. The molecule has 138 valence electrons. The molecule has 0 saturated heterocycles. The van der Waals surface area contributed by atoms with Gasteiger partial charge in [0.05, 0.1) is 5.69 Å². The number of anilines is 1. The van der Waals surface area contributed by atoms with Gasteiger partial charge in [-0.3, -0.25) is 4.79 Å². The summed E-state index contributed by atoms with van der Waals surface area (Å²) in [6, 6.07) is 14.1. The smallest absolute Gasteiger partial charge is 0.336 e. The van der Waals surface area contributed by atoms with E-state index in [0.717, 1.165) is 16.5 Å². The molecule has 0 aliphatic heterocycles. The summed E-state index contributed by atoms with van der Waals surface area (Å²) in [5.74, 6) is -0.124. The van der Waals surface area contributed by atoms with Crippen LogP contribution in [0.1, 0.15) is 17.5 Å². The van der Waals surface area contributed by atoms with E-state index in [9.17, 15) is 9.59 Å². The van der Waals surface area contributed by atoms with Gasteiger partial charge in [-0.05, 0) is 48.7 Å². The first-order valence-corrected chi connectivity index (χ1v) is 8.43. The SMILES string of the molecule is Cc1cc(=O)oc2cc(NC(=O)CCc3ccc(N=C(N)N)cc3)ccc12. The molecule has 5 N–H and O–H groups in total. The summed E-state index contributed by atoms with van der Waals surface area (Å²) < 4.78 is 5.20. The Bertz CT molecular complexity index is 1060. The molecule has 7 nitrogen and oxygen atoms in total.